The molecule has 0 radical (unpaired) electrons. The van der Waals surface area contributed by atoms with Crippen LogP contribution in [0.5, 0.6) is 5.88 Å². The fourth-order valence-electron chi connectivity index (χ4n) is 3.49. The predicted octanol–water partition coefficient (Wildman–Crippen LogP) is 2.33. The summed E-state index contributed by atoms with van der Waals surface area (Å²) in [5, 5.41) is 12.5. The van der Waals surface area contributed by atoms with Gasteiger partial charge in [0.05, 0.1) is 13.7 Å². The summed E-state index contributed by atoms with van der Waals surface area (Å²) in [6.07, 6.45) is 5.09. The van der Waals surface area contributed by atoms with Gasteiger partial charge >= 0.3 is 0 Å². The van der Waals surface area contributed by atoms with Gasteiger partial charge in [-0.25, -0.2) is 4.98 Å². The van der Waals surface area contributed by atoms with Crippen molar-refractivity contribution in [3.63, 3.8) is 0 Å². The van der Waals surface area contributed by atoms with Crippen molar-refractivity contribution >= 4 is 5.91 Å². The van der Waals surface area contributed by atoms with Crippen LogP contribution in [0.15, 0.2) is 42.6 Å². The molecular formula is C21H27N3O3. The molecular weight excluding hydrogens is 342 g/mol. The highest BCUT2D eigenvalue weighted by atomic mass is 16.5. The van der Waals surface area contributed by atoms with Crippen molar-refractivity contribution in [2.24, 2.45) is 0 Å². The molecule has 1 atom stereocenters. The first-order chi connectivity index (χ1) is 13.2. The molecule has 6 heteroatoms. The second-order valence-electron chi connectivity index (χ2n) is 6.79. The van der Waals surface area contributed by atoms with E-state index in [4.69, 9.17) is 4.74 Å². The molecule has 6 nitrogen and oxygen atoms in total. The fourth-order valence-corrected chi connectivity index (χ4v) is 3.49. The third-order valence-electron chi connectivity index (χ3n) is 5.05. The van der Waals surface area contributed by atoms with Gasteiger partial charge in [-0.05, 0) is 43.1 Å². The second-order valence-corrected chi connectivity index (χ2v) is 6.79. The molecule has 27 heavy (non-hydrogen) atoms. The molecule has 0 spiro atoms. The van der Waals surface area contributed by atoms with Gasteiger partial charge in [-0.15, -0.1) is 0 Å². The lowest BCUT2D eigenvalue weighted by Crippen LogP contribution is -2.45. The van der Waals surface area contributed by atoms with Crippen LogP contribution in [0.4, 0.5) is 0 Å². The van der Waals surface area contributed by atoms with Gasteiger partial charge < -0.3 is 15.2 Å². The molecule has 2 N–H and O–H groups in total. The normalized spacial score (nSPS) is 17.5. The fraction of sp³-hybridized carbons (Fsp3) is 0.429. The molecule has 0 bridgehead atoms. The lowest BCUT2D eigenvalue weighted by atomic mass is 10.0. The predicted molar refractivity (Wildman–Crippen MR) is 105 cm³/mol. The van der Waals surface area contributed by atoms with Crippen molar-refractivity contribution in [3.05, 3.63) is 48.2 Å². The molecule has 2 heterocycles. The van der Waals surface area contributed by atoms with Crippen LogP contribution in [0, 0.1) is 0 Å². The Morgan fingerprint density at radius 1 is 1.30 bits per heavy atom. The van der Waals surface area contributed by atoms with E-state index in [1.807, 2.05) is 30.3 Å². The molecule has 2 aromatic rings. The first-order valence-corrected chi connectivity index (χ1v) is 9.45. The number of aromatic nitrogens is 1. The maximum absolute atomic E-state index is 12.5. The number of nitrogens with one attached hydrogen (secondary N) is 1. The first kappa shape index (κ1) is 19.3. The van der Waals surface area contributed by atoms with Gasteiger partial charge in [-0.3, -0.25) is 9.69 Å². The quantitative estimate of drug-likeness (QED) is 0.784. The Hall–Kier alpha value is -2.44. The molecule has 3 rings (SSSR count). The van der Waals surface area contributed by atoms with Gasteiger partial charge in [0, 0.05) is 42.5 Å². The number of methoxy groups -OCH3 is 1. The number of pyridine rings is 1. The Balaban J connectivity index is 1.58. The molecule has 144 valence electrons. The summed E-state index contributed by atoms with van der Waals surface area (Å²) in [5.74, 6) is 0.474. The number of carbonyl (C=O) groups excluding carboxylic acids is 1. The van der Waals surface area contributed by atoms with Crippen LogP contribution in [0.3, 0.4) is 0 Å². The van der Waals surface area contributed by atoms with E-state index < -0.39 is 0 Å². The first-order valence-electron chi connectivity index (χ1n) is 9.45. The summed E-state index contributed by atoms with van der Waals surface area (Å²) in [4.78, 5) is 19.0. The maximum atomic E-state index is 12.5. The number of ether oxygens (including phenoxy) is 1. The average Bonchev–Trinajstić information content (AvgIpc) is 2.74. The highest BCUT2D eigenvalue weighted by molar-refractivity contribution is 5.95. The van der Waals surface area contributed by atoms with E-state index in [1.165, 1.54) is 6.42 Å². The molecule has 0 unspecified atom stereocenters. The minimum absolute atomic E-state index is 0.0871. The smallest absolute Gasteiger partial charge is 0.251 e. The molecule has 1 aromatic heterocycles. The van der Waals surface area contributed by atoms with Crippen LogP contribution in [0.2, 0.25) is 0 Å². The molecule has 1 fully saturated rings. The van der Waals surface area contributed by atoms with Gasteiger partial charge in [0.1, 0.15) is 0 Å². The second kappa shape index (κ2) is 9.48. The molecule has 0 saturated carbocycles. The highest BCUT2D eigenvalue weighted by Crippen LogP contribution is 2.21. The van der Waals surface area contributed by atoms with Crippen molar-refractivity contribution in [1.29, 1.82) is 0 Å². The zero-order valence-electron chi connectivity index (χ0n) is 15.7. The van der Waals surface area contributed by atoms with Crippen LogP contribution in [-0.4, -0.2) is 60.3 Å². The molecule has 1 aliphatic rings. The van der Waals surface area contributed by atoms with E-state index in [9.17, 15) is 9.90 Å². The number of likely N-dealkylation sites (tertiary alicyclic amines) is 1. The van der Waals surface area contributed by atoms with Crippen molar-refractivity contribution < 1.29 is 14.6 Å². The minimum atomic E-state index is -0.0871. The standard InChI is InChI=1S/C21H27N3O3/c1-27-20-9-8-18(14-23-20)16-5-4-6-17(13-16)21(26)22-10-12-24-11-3-2-7-19(24)15-25/h4-6,8-9,13-14,19,25H,2-3,7,10-12,15H2,1H3,(H,22,26)/t19-/m1/s1. The number of rotatable bonds is 7. The topological polar surface area (TPSA) is 74.7 Å². The lowest BCUT2D eigenvalue weighted by molar-refractivity contribution is 0.0849. The van der Waals surface area contributed by atoms with E-state index in [1.54, 1.807) is 19.4 Å². The highest BCUT2D eigenvalue weighted by Gasteiger charge is 2.21. The van der Waals surface area contributed by atoms with Crippen LogP contribution in [0.25, 0.3) is 11.1 Å². The van der Waals surface area contributed by atoms with E-state index in [0.717, 1.165) is 37.1 Å². The molecule has 0 aliphatic carbocycles. The Morgan fingerprint density at radius 3 is 2.93 bits per heavy atom. The van der Waals surface area contributed by atoms with Gasteiger partial charge in [-0.1, -0.05) is 18.6 Å². The number of amides is 1. The van der Waals surface area contributed by atoms with Gasteiger partial charge in [-0.2, -0.15) is 0 Å². The molecule has 1 aromatic carbocycles. The van der Waals surface area contributed by atoms with Crippen LogP contribution < -0.4 is 10.1 Å². The third-order valence-corrected chi connectivity index (χ3v) is 5.05. The number of hydrogen-bond acceptors (Lipinski definition) is 5. The summed E-state index contributed by atoms with van der Waals surface area (Å²) < 4.78 is 5.08. The Kier molecular flexibility index (Phi) is 6.79. The maximum Gasteiger partial charge on any atom is 0.251 e. The number of piperidine rings is 1. The van der Waals surface area contributed by atoms with Gasteiger partial charge in [0.15, 0.2) is 0 Å². The lowest BCUT2D eigenvalue weighted by Gasteiger charge is -2.34. The van der Waals surface area contributed by atoms with E-state index in [2.05, 4.69) is 15.2 Å². The summed E-state index contributed by atoms with van der Waals surface area (Å²) >= 11 is 0. The summed E-state index contributed by atoms with van der Waals surface area (Å²) in [6, 6.07) is 11.5. The summed E-state index contributed by atoms with van der Waals surface area (Å²) in [6.45, 7) is 2.51. The number of aliphatic hydroxyl groups excluding tert-OH is 1. The summed E-state index contributed by atoms with van der Waals surface area (Å²) in [7, 11) is 1.58. The Labute approximate surface area is 160 Å². The zero-order valence-corrected chi connectivity index (χ0v) is 15.7. The summed E-state index contributed by atoms with van der Waals surface area (Å²) in [5.41, 5.74) is 2.50. The molecule has 1 amide bonds. The number of carbonyl (C=O) groups is 1. The SMILES string of the molecule is COc1ccc(-c2cccc(C(=O)NCCN3CCCC[C@@H]3CO)c2)cn1. The third kappa shape index (κ3) is 5.05. The number of aliphatic hydroxyl groups is 1. The Bertz CT molecular complexity index is 749. The van der Waals surface area contributed by atoms with Crippen LogP contribution >= 0.6 is 0 Å². The van der Waals surface area contributed by atoms with Crippen molar-refractivity contribution in [1.82, 2.24) is 15.2 Å². The largest absolute Gasteiger partial charge is 0.481 e. The number of hydrogen-bond donors (Lipinski definition) is 2. The van der Waals surface area contributed by atoms with Crippen LogP contribution in [0.1, 0.15) is 29.6 Å². The van der Waals surface area contributed by atoms with Gasteiger partial charge in [0.2, 0.25) is 5.88 Å². The van der Waals surface area contributed by atoms with Crippen molar-refractivity contribution in [2.75, 3.05) is 33.4 Å². The zero-order chi connectivity index (χ0) is 19.1. The Morgan fingerprint density at radius 2 is 2.19 bits per heavy atom. The average molecular weight is 369 g/mol. The monoisotopic (exact) mass is 369 g/mol. The molecule has 1 saturated heterocycles. The van der Waals surface area contributed by atoms with Gasteiger partial charge in [0.25, 0.3) is 5.91 Å². The van der Waals surface area contributed by atoms with E-state index in [-0.39, 0.29) is 18.6 Å². The number of benzene rings is 1. The number of nitrogens with zero attached hydrogens (tertiary/aromatic N) is 2. The van der Waals surface area contributed by atoms with Crippen molar-refractivity contribution in [2.45, 2.75) is 25.3 Å². The van der Waals surface area contributed by atoms with Crippen molar-refractivity contribution in [3.8, 4) is 17.0 Å². The van der Waals surface area contributed by atoms with Crippen LogP contribution in [-0.2, 0) is 0 Å². The van der Waals surface area contributed by atoms with E-state index >= 15 is 0 Å². The molecule has 1 aliphatic heterocycles. The van der Waals surface area contributed by atoms with E-state index in [0.29, 0.717) is 18.0 Å². The minimum Gasteiger partial charge on any atom is -0.481 e.